The Morgan fingerprint density at radius 3 is 2.65 bits per heavy atom. The predicted octanol–water partition coefficient (Wildman–Crippen LogP) is 4.33. The lowest BCUT2D eigenvalue weighted by molar-refractivity contribution is -0.130. The Kier molecular flexibility index (Phi) is 6.08. The zero-order valence-corrected chi connectivity index (χ0v) is 18.8. The summed E-state index contributed by atoms with van der Waals surface area (Å²) in [6, 6.07) is 10.9. The van der Waals surface area contributed by atoms with Gasteiger partial charge in [-0.05, 0) is 77.3 Å². The van der Waals surface area contributed by atoms with Crippen molar-refractivity contribution in [2.45, 2.75) is 19.8 Å². The van der Waals surface area contributed by atoms with Gasteiger partial charge in [0.1, 0.15) is 0 Å². The van der Waals surface area contributed by atoms with Gasteiger partial charge in [-0.1, -0.05) is 0 Å². The molecule has 31 heavy (non-hydrogen) atoms. The van der Waals surface area contributed by atoms with Crippen LogP contribution in [0.15, 0.2) is 51.6 Å². The molecule has 0 N–H and O–H groups in total. The smallest absolute Gasteiger partial charge is 0.363 e. The number of carbonyl (C=O) groups is 2. The van der Waals surface area contributed by atoms with Gasteiger partial charge < -0.3 is 19.1 Å². The number of hydrogen-bond acceptors (Lipinski definition) is 6. The van der Waals surface area contributed by atoms with Gasteiger partial charge in [0.25, 0.3) is 0 Å². The predicted molar refractivity (Wildman–Crippen MR) is 120 cm³/mol. The number of ether oxygens (including phenoxy) is 3. The van der Waals surface area contributed by atoms with Crippen LogP contribution in [0, 0.1) is 0 Å². The lowest BCUT2D eigenvalue weighted by atomic mass is 10.1. The van der Waals surface area contributed by atoms with Crippen molar-refractivity contribution in [3.8, 4) is 11.5 Å². The largest absolute Gasteiger partial charge is 0.492 e. The summed E-state index contributed by atoms with van der Waals surface area (Å²) in [5.41, 5.74) is 2.40. The minimum Gasteiger partial charge on any atom is -0.492 e. The van der Waals surface area contributed by atoms with Gasteiger partial charge >= 0.3 is 5.97 Å². The fourth-order valence-corrected chi connectivity index (χ4v) is 4.15. The number of aliphatic imine (C=N–C) groups is 1. The quantitative estimate of drug-likeness (QED) is 0.450. The lowest BCUT2D eigenvalue weighted by Gasteiger charge is -2.15. The third-order valence-electron chi connectivity index (χ3n) is 4.96. The van der Waals surface area contributed by atoms with E-state index in [1.807, 2.05) is 25.1 Å². The highest BCUT2D eigenvalue weighted by atomic mass is 79.9. The van der Waals surface area contributed by atoms with Gasteiger partial charge in [0, 0.05) is 24.2 Å². The van der Waals surface area contributed by atoms with Crippen LogP contribution in [-0.2, 0) is 14.3 Å². The first-order valence-electron chi connectivity index (χ1n) is 9.94. The minimum absolute atomic E-state index is 0.125. The van der Waals surface area contributed by atoms with Crippen molar-refractivity contribution in [1.29, 1.82) is 0 Å². The van der Waals surface area contributed by atoms with Crippen LogP contribution in [-0.4, -0.2) is 38.0 Å². The molecule has 4 rings (SSSR count). The second-order valence-electron chi connectivity index (χ2n) is 7.00. The number of cyclic esters (lactones) is 1. The maximum atomic E-state index is 12.4. The summed E-state index contributed by atoms with van der Waals surface area (Å²) in [4.78, 5) is 30.4. The molecule has 0 bridgehead atoms. The van der Waals surface area contributed by atoms with E-state index in [1.165, 1.54) is 0 Å². The number of amides is 1. The molecule has 2 heterocycles. The SMILES string of the molecule is CCOc1cc(/C=C2/N=C(c3ccc(N4CCCC4=O)cc3)OC2=O)cc(Br)c1OC. The van der Waals surface area contributed by atoms with Gasteiger partial charge in [-0.25, -0.2) is 9.79 Å². The van der Waals surface area contributed by atoms with E-state index in [4.69, 9.17) is 14.2 Å². The molecule has 0 aliphatic carbocycles. The Morgan fingerprint density at radius 2 is 2.00 bits per heavy atom. The molecule has 160 valence electrons. The van der Waals surface area contributed by atoms with Crippen LogP contribution < -0.4 is 14.4 Å². The van der Waals surface area contributed by atoms with Gasteiger partial charge in [-0.3, -0.25) is 4.79 Å². The Bertz CT molecular complexity index is 1090. The third kappa shape index (κ3) is 4.34. The number of nitrogens with zero attached hydrogens (tertiary/aromatic N) is 2. The molecular weight excluding hydrogens is 464 g/mol. The van der Waals surface area contributed by atoms with E-state index in [0.29, 0.717) is 34.6 Å². The van der Waals surface area contributed by atoms with E-state index in [0.717, 1.165) is 24.2 Å². The van der Waals surface area contributed by atoms with Crippen molar-refractivity contribution in [1.82, 2.24) is 0 Å². The van der Waals surface area contributed by atoms with E-state index in [2.05, 4.69) is 20.9 Å². The van der Waals surface area contributed by atoms with E-state index < -0.39 is 5.97 Å². The van der Waals surface area contributed by atoms with Crippen LogP contribution in [0.5, 0.6) is 11.5 Å². The summed E-state index contributed by atoms with van der Waals surface area (Å²) in [6.45, 7) is 3.09. The van der Waals surface area contributed by atoms with Crippen molar-refractivity contribution < 1.29 is 23.8 Å². The summed E-state index contributed by atoms with van der Waals surface area (Å²) >= 11 is 3.47. The Balaban J connectivity index is 1.60. The van der Waals surface area contributed by atoms with Crippen LogP contribution in [0.2, 0.25) is 0 Å². The van der Waals surface area contributed by atoms with E-state index >= 15 is 0 Å². The van der Waals surface area contributed by atoms with Crippen molar-refractivity contribution in [2.24, 2.45) is 4.99 Å². The zero-order valence-electron chi connectivity index (χ0n) is 17.2. The van der Waals surface area contributed by atoms with E-state index in [1.54, 1.807) is 36.3 Å². The summed E-state index contributed by atoms with van der Waals surface area (Å²) in [5, 5.41) is 0. The van der Waals surface area contributed by atoms with Crippen LogP contribution in [0.4, 0.5) is 5.69 Å². The molecule has 1 fully saturated rings. The fraction of sp³-hybridized carbons (Fsp3) is 0.261. The minimum atomic E-state index is -0.529. The average molecular weight is 485 g/mol. The highest BCUT2D eigenvalue weighted by Gasteiger charge is 2.26. The number of methoxy groups -OCH3 is 1. The topological polar surface area (TPSA) is 77.4 Å². The molecule has 0 atom stereocenters. The second kappa shape index (κ2) is 8.93. The Hall–Kier alpha value is -3.13. The normalized spacial score (nSPS) is 17.2. The lowest BCUT2D eigenvalue weighted by Crippen LogP contribution is -2.23. The maximum Gasteiger partial charge on any atom is 0.363 e. The van der Waals surface area contributed by atoms with Crippen LogP contribution in [0.25, 0.3) is 6.08 Å². The molecule has 0 unspecified atom stereocenters. The maximum absolute atomic E-state index is 12.4. The molecule has 7 nitrogen and oxygen atoms in total. The van der Waals surface area contributed by atoms with Gasteiger partial charge in [0.2, 0.25) is 11.8 Å². The Labute approximate surface area is 188 Å². The van der Waals surface area contributed by atoms with Gasteiger partial charge in [0.05, 0.1) is 18.2 Å². The Morgan fingerprint density at radius 1 is 1.23 bits per heavy atom. The van der Waals surface area contributed by atoms with E-state index in [-0.39, 0.29) is 17.5 Å². The van der Waals surface area contributed by atoms with Crippen LogP contribution in [0.3, 0.4) is 0 Å². The van der Waals surface area contributed by atoms with Crippen LogP contribution in [0.1, 0.15) is 30.9 Å². The molecule has 0 radical (unpaired) electrons. The number of halogens is 1. The first kappa shape index (κ1) is 21.1. The highest BCUT2D eigenvalue weighted by Crippen LogP contribution is 2.37. The molecule has 1 amide bonds. The summed E-state index contributed by atoms with van der Waals surface area (Å²) < 4.78 is 17.1. The summed E-state index contributed by atoms with van der Waals surface area (Å²) in [5.74, 6) is 0.971. The summed E-state index contributed by atoms with van der Waals surface area (Å²) in [7, 11) is 1.57. The monoisotopic (exact) mass is 484 g/mol. The molecule has 2 aliphatic heterocycles. The van der Waals surface area contributed by atoms with Crippen molar-refractivity contribution in [3.05, 3.63) is 57.7 Å². The number of esters is 1. The summed E-state index contributed by atoms with van der Waals surface area (Å²) in [6.07, 6.45) is 3.08. The third-order valence-corrected chi connectivity index (χ3v) is 5.55. The highest BCUT2D eigenvalue weighted by molar-refractivity contribution is 9.10. The number of carbonyl (C=O) groups excluding carboxylic acids is 2. The first-order chi connectivity index (χ1) is 15.0. The average Bonchev–Trinajstić information content (AvgIpc) is 3.34. The van der Waals surface area contributed by atoms with Crippen molar-refractivity contribution in [3.63, 3.8) is 0 Å². The van der Waals surface area contributed by atoms with Gasteiger partial charge in [-0.15, -0.1) is 0 Å². The first-order valence-corrected chi connectivity index (χ1v) is 10.7. The van der Waals surface area contributed by atoms with Gasteiger partial charge in [0.15, 0.2) is 17.2 Å². The fourth-order valence-electron chi connectivity index (χ4n) is 3.53. The number of anilines is 1. The second-order valence-corrected chi connectivity index (χ2v) is 7.85. The molecule has 2 aromatic rings. The number of hydrogen-bond donors (Lipinski definition) is 0. The molecule has 2 aliphatic rings. The molecule has 0 spiro atoms. The molecule has 0 aromatic heterocycles. The number of benzene rings is 2. The standard InChI is InChI=1S/C23H21BrN2O5/c1-3-30-19-13-14(11-17(24)21(19)29-2)12-18-23(28)31-22(25-18)15-6-8-16(9-7-15)26-10-4-5-20(26)27/h6-9,11-13H,3-5,10H2,1-2H3/b18-12+. The molecular formula is C23H21BrN2O5. The van der Waals surface area contributed by atoms with Gasteiger partial charge in [-0.2, -0.15) is 0 Å². The van der Waals surface area contributed by atoms with Crippen molar-refractivity contribution in [2.75, 3.05) is 25.2 Å². The molecule has 8 heteroatoms. The molecule has 2 aromatic carbocycles. The number of rotatable bonds is 6. The van der Waals surface area contributed by atoms with Crippen LogP contribution >= 0.6 is 15.9 Å². The van der Waals surface area contributed by atoms with E-state index in [9.17, 15) is 9.59 Å². The zero-order chi connectivity index (χ0) is 22.0. The molecule has 0 saturated carbocycles. The molecule has 1 saturated heterocycles. The van der Waals surface area contributed by atoms with Crippen molar-refractivity contribution >= 4 is 45.5 Å².